The van der Waals surface area contributed by atoms with E-state index in [-0.39, 0.29) is 17.1 Å². The normalized spacial score (nSPS) is 11.1. The molecular weight excluding hydrogens is 232 g/mol. The molecule has 0 saturated heterocycles. The van der Waals surface area contributed by atoms with Gasteiger partial charge in [0.05, 0.1) is 10.7 Å². The third-order valence-corrected chi connectivity index (χ3v) is 3.32. The van der Waals surface area contributed by atoms with Crippen LogP contribution in [0.2, 0.25) is 0 Å². The van der Waals surface area contributed by atoms with Gasteiger partial charge in [-0.2, -0.15) is 0 Å². The zero-order valence-electron chi connectivity index (χ0n) is 8.71. The highest BCUT2D eigenvalue weighted by Crippen LogP contribution is 2.24. The minimum atomic E-state index is -3.50. The molecule has 0 fully saturated rings. The largest absolute Gasteiger partial charge is 0.293 e. The van der Waals surface area contributed by atoms with Crippen LogP contribution in [0.25, 0.3) is 0 Å². The van der Waals surface area contributed by atoms with Gasteiger partial charge in [-0.3, -0.25) is 14.8 Å². The van der Waals surface area contributed by atoms with E-state index in [1.165, 1.54) is 24.3 Å². The van der Waals surface area contributed by atoms with E-state index in [9.17, 15) is 18.5 Å². The molecule has 6 nitrogen and oxygen atoms in total. The molecule has 0 unspecified atom stereocenters. The molecule has 7 heteroatoms. The molecule has 0 spiro atoms. The van der Waals surface area contributed by atoms with Gasteiger partial charge >= 0.3 is 0 Å². The number of hydrogen-bond acceptors (Lipinski definition) is 4. The van der Waals surface area contributed by atoms with E-state index < -0.39 is 14.9 Å². The summed E-state index contributed by atoms with van der Waals surface area (Å²) in [6.45, 7) is 1.72. The number of nitro groups is 1. The number of nitrogens with one attached hydrogen (secondary N) is 1. The first-order valence-corrected chi connectivity index (χ1v) is 6.35. The molecule has 0 heterocycles. The monoisotopic (exact) mass is 244 g/mol. The Bertz CT molecular complexity index is 484. The van der Waals surface area contributed by atoms with Gasteiger partial charge < -0.3 is 0 Å². The maximum absolute atomic E-state index is 11.4. The van der Waals surface area contributed by atoms with Crippen molar-refractivity contribution in [3.63, 3.8) is 0 Å². The van der Waals surface area contributed by atoms with E-state index in [1.54, 1.807) is 6.92 Å². The third kappa shape index (κ3) is 3.20. The van der Waals surface area contributed by atoms with Gasteiger partial charge in [0.2, 0.25) is 10.0 Å². The molecule has 1 N–H and O–H groups in total. The number of benzene rings is 1. The van der Waals surface area contributed by atoms with Gasteiger partial charge in [0, 0.05) is 6.07 Å². The van der Waals surface area contributed by atoms with Gasteiger partial charge in [0.25, 0.3) is 5.69 Å². The fourth-order valence-electron chi connectivity index (χ4n) is 1.21. The Morgan fingerprint density at radius 3 is 2.56 bits per heavy atom. The van der Waals surface area contributed by atoms with Gasteiger partial charge in [0.1, 0.15) is 5.69 Å². The number of sulfonamides is 1. The highest BCUT2D eigenvalue weighted by Gasteiger charge is 2.17. The molecule has 0 aromatic heterocycles. The van der Waals surface area contributed by atoms with Crippen LogP contribution in [0, 0.1) is 10.1 Å². The highest BCUT2D eigenvalue weighted by molar-refractivity contribution is 7.92. The quantitative estimate of drug-likeness (QED) is 0.631. The van der Waals surface area contributed by atoms with Crippen LogP contribution in [-0.4, -0.2) is 19.1 Å². The number of hydrogen-bond donors (Lipinski definition) is 1. The summed E-state index contributed by atoms with van der Waals surface area (Å²) in [5.74, 6) is -0.0565. The number of rotatable bonds is 5. The lowest BCUT2D eigenvalue weighted by molar-refractivity contribution is -0.383. The highest BCUT2D eigenvalue weighted by atomic mass is 32.2. The fourth-order valence-corrected chi connectivity index (χ4v) is 2.35. The number of anilines is 1. The molecule has 1 rings (SSSR count). The Kier molecular flexibility index (Phi) is 3.83. The summed E-state index contributed by atoms with van der Waals surface area (Å²) in [6, 6.07) is 5.64. The molecule has 1 aromatic rings. The van der Waals surface area contributed by atoms with E-state index >= 15 is 0 Å². The fraction of sp³-hybridized carbons (Fsp3) is 0.333. The lowest BCUT2D eigenvalue weighted by atomic mass is 10.3. The van der Waals surface area contributed by atoms with Gasteiger partial charge in [-0.05, 0) is 12.5 Å². The van der Waals surface area contributed by atoms with Crippen LogP contribution >= 0.6 is 0 Å². The Labute approximate surface area is 93.5 Å². The average molecular weight is 244 g/mol. The second-order valence-electron chi connectivity index (χ2n) is 3.20. The summed E-state index contributed by atoms with van der Waals surface area (Å²) in [4.78, 5) is 10.0. The van der Waals surface area contributed by atoms with Gasteiger partial charge in [-0.1, -0.05) is 19.1 Å². The topological polar surface area (TPSA) is 89.3 Å². The number of nitro benzene ring substituents is 1. The minimum Gasteiger partial charge on any atom is -0.277 e. The summed E-state index contributed by atoms with van der Waals surface area (Å²) in [5.41, 5.74) is -0.247. The SMILES string of the molecule is CCCS(=O)(=O)Nc1ccccc1[N+](=O)[O-]. The van der Waals surface area contributed by atoms with Crippen LogP contribution < -0.4 is 4.72 Å². The van der Waals surface area contributed by atoms with Gasteiger partial charge in [-0.25, -0.2) is 8.42 Å². The van der Waals surface area contributed by atoms with E-state index in [4.69, 9.17) is 0 Å². The number of nitrogens with zero attached hydrogens (tertiary/aromatic N) is 1. The van der Waals surface area contributed by atoms with E-state index in [2.05, 4.69) is 4.72 Å². The molecule has 0 amide bonds. The summed E-state index contributed by atoms with van der Waals surface area (Å²) < 4.78 is 25.1. The van der Waals surface area contributed by atoms with Gasteiger partial charge in [-0.15, -0.1) is 0 Å². The van der Waals surface area contributed by atoms with E-state index in [0.29, 0.717) is 6.42 Å². The first kappa shape index (κ1) is 12.4. The summed E-state index contributed by atoms with van der Waals surface area (Å²) >= 11 is 0. The standard InChI is InChI=1S/C9H12N2O4S/c1-2-7-16(14,15)10-8-5-3-4-6-9(8)11(12)13/h3-6,10H,2,7H2,1H3. The molecule has 16 heavy (non-hydrogen) atoms. The molecule has 88 valence electrons. The van der Waals surface area contributed by atoms with Crippen molar-refractivity contribution in [3.8, 4) is 0 Å². The van der Waals surface area contributed by atoms with E-state index in [1.807, 2.05) is 0 Å². The van der Waals surface area contributed by atoms with Crippen LogP contribution in [0.1, 0.15) is 13.3 Å². The summed E-state index contributed by atoms with van der Waals surface area (Å²) in [6.07, 6.45) is 0.454. The predicted molar refractivity (Wildman–Crippen MR) is 60.8 cm³/mol. The van der Waals surface area contributed by atoms with Gasteiger partial charge in [0.15, 0.2) is 0 Å². The first-order valence-electron chi connectivity index (χ1n) is 4.70. The predicted octanol–water partition coefficient (Wildman–Crippen LogP) is 1.75. The van der Waals surface area contributed by atoms with Crippen molar-refractivity contribution in [3.05, 3.63) is 34.4 Å². The molecule has 0 saturated carbocycles. The lowest BCUT2D eigenvalue weighted by Gasteiger charge is -2.06. The van der Waals surface area contributed by atoms with Crippen molar-refractivity contribution in [2.24, 2.45) is 0 Å². The van der Waals surface area contributed by atoms with Crippen LogP contribution in [0.4, 0.5) is 11.4 Å². The summed E-state index contributed by atoms with van der Waals surface area (Å²) in [5, 5.41) is 10.6. The Balaban J connectivity index is 3.02. The smallest absolute Gasteiger partial charge is 0.277 e. The average Bonchev–Trinajstić information content (AvgIpc) is 2.17. The Morgan fingerprint density at radius 1 is 1.38 bits per heavy atom. The van der Waals surface area contributed by atoms with Crippen LogP contribution in [0.15, 0.2) is 24.3 Å². The maximum Gasteiger partial charge on any atom is 0.293 e. The van der Waals surface area contributed by atoms with E-state index in [0.717, 1.165) is 0 Å². The van der Waals surface area contributed by atoms with Crippen molar-refractivity contribution in [1.29, 1.82) is 0 Å². The number of para-hydroxylation sites is 2. The van der Waals surface area contributed by atoms with Crippen LogP contribution in [-0.2, 0) is 10.0 Å². The third-order valence-electron chi connectivity index (χ3n) is 1.84. The molecular formula is C9H12N2O4S. The summed E-state index contributed by atoms with van der Waals surface area (Å²) in [7, 11) is -3.50. The van der Waals surface area contributed by atoms with Crippen molar-refractivity contribution in [1.82, 2.24) is 0 Å². The Hall–Kier alpha value is -1.63. The van der Waals surface area contributed by atoms with Crippen LogP contribution in [0.3, 0.4) is 0 Å². The van der Waals surface area contributed by atoms with Crippen molar-refractivity contribution in [2.45, 2.75) is 13.3 Å². The Morgan fingerprint density at radius 2 is 2.00 bits per heavy atom. The van der Waals surface area contributed by atoms with Crippen molar-refractivity contribution < 1.29 is 13.3 Å². The van der Waals surface area contributed by atoms with Crippen molar-refractivity contribution >= 4 is 21.4 Å². The molecule has 0 aliphatic rings. The van der Waals surface area contributed by atoms with Crippen molar-refractivity contribution in [2.75, 3.05) is 10.5 Å². The lowest BCUT2D eigenvalue weighted by Crippen LogP contribution is -2.16. The van der Waals surface area contributed by atoms with Crippen LogP contribution in [0.5, 0.6) is 0 Å². The molecule has 1 aromatic carbocycles. The maximum atomic E-state index is 11.4. The zero-order chi connectivity index (χ0) is 12.2. The minimum absolute atomic E-state index is 0.000880. The molecule has 0 aliphatic heterocycles. The second-order valence-corrected chi connectivity index (χ2v) is 5.04. The molecule has 0 atom stereocenters. The second kappa shape index (κ2) is 4.93. The molecule has 0 radical (unpaired) electrons. The first-order chi connectivity index (χ1) is 7.46. The molecule has 0 aliphatic carbocycles. The zero-order valence-corrected chi connectivity index (χ0v) is 9.53. The molecule has 0 bridgehead atoms.